The van der Waals surface area contributed by atoms with Crippen LogP contribution in [0.2, 0.25) is 0 Å². The molecule has 0 heterocycles. The molecule has 0 unspecified atom stereocenters. The molecule has 0 aliphatic rings. The van der Waals surface area contributed by atoms with Gasteiger partial charge in [-0.15, -0.1) is 0 Å². The zero-order valence-electron chi connectivity index (χ0n) is 16.0. The highest BCUT2D eigenvalue weighted by Gasteiger charge is 1.91. The van der Waals surface area contributed by atoms with Crippen molar-refractivity contribution in [2.45, 2.75) is 13.3 Å². The van der Waals surface area contributed by atoms with Crippen LogP contribution in [0.15, 0.2) is 0 Å². The zero-order valence-corrected chi connectivity index (χ0v) is 8.00. The molecule has 82 valence electrons. The highest BCUT2D eigenvalue weighted by atomic mass is 16.5. The van der Waals surface area contributed by atoms with Crippen LogP contribution in [0.5, 0.6) is 0 Å². The summed E-state index contributed by atoms with van der Waals surface area (Å²) in [6.45, 7) is -1.13. The average molecular weight is 209 g/mol. The number of hydrogen-bond acceptors (Lipinski definition) is 3. The minimum absolute atomic E-state index is 0.0718. The molecule has 0 aliphatic heterocycles. The van der Waals surface area contributed by atoms with Gasteiger partial charge in [-0.25, -0.2) is 6.57 Å². The van der Waals surface area contributed by atoms with E-state index >= 15 is 0 Å². The lowest BCUT2D eigenvalue weighted by molar-refractivity contribution is 0.0168. The SMILES string of the molecule is [2H]C([2H])(C)C([2H])([2H])OCCOCCOC([2H])([2H])C([2H])([2H])[N+]#[C-]. The van der Waals surface area contributed by atoms with Crippen LogP contribution in [-0.2, 0) is 14.2 Å². The highest BCUT2D eigenvalue weighted by Crippen LogP contribution is 1.83. The van der Waals surface area contributed by atoms with Crippen molar-refractivity contribution in [1.82, 2.24) is 0 Å². The van der Waals surface area contributed by atoms with Crippen molar-refractivity contribution in [1.29, 1.82) is 0 Å². The standard InChI is InChI=1S/C10H19NO3/c1-3-5-12-7-9-14-10-8-13-6-4-11-2/h3-10H2,1H3/i3D2,4D2,5D2,6D2. The summed E-state index contributed by atoms with van der Waals surface area (Å²) in [5, 5.41) is 0. The fraction of sp³-hybridized carbons (Fsp3) is 0.900. The third-order valence-electron chi connectivity index (χ3n) is 1.01. The van der Waals surface area contributed by atoms with E-state index in [1.165, 1.54) is 0 Å². The third-order valence-corrected chi connectivity index (χ3v) is 1.01. The van der Waals surface area contributed by atoms with Gasteiger partial charge in [0.05, 0.1) is 31.9 Å². The Bertz CT molecular complexity index is 391. The highest BCUT2D eigenvalue weighted by molar-refractivity contribution is 4.55. The molecule has 0 aliphatic carbocycles. The van der Waals surface area contributed by atoms with Crippen molar-refractivity contribution in [3.63, 3.8) is 0 Å². The quantitative estimate of drug-likeness (QED) is 0.402. The van der Waals surface area contributed by atoms with E-state index in [4.69, 9.17) is 27.0 Å². The molecule has 0 saturated carbocycles. The van der Waals surface area contributed by atoms with Gasteiger partial charge in [-0.2, -0.15) is 0 Å². The maximum atomic E-state index is 7.34. The topological polar surface area (TPSA) is 32.1 Å². The fourth-order valence-electron chi connectivity index (χ4n) is 0.533. The molecule has 0 rings (SSSR count). The van der Waals surface area contributed by atoms with Crippen LogP contribution >= 0.6 is 0 Å². The Labute approximate surface area is 97.2 Å². The van der Waals surface area contributed by atoms with Gasteiger partial charge in [0.25, 0.3) is 0 Å². The fourth-order valence-corrected chi connectivity index (χ4v) is 0.533. The summed E-state index contributed by atoms with van der Waals surface area (Å²) in [5.41, 5.74) is 0. The largest absolute Gasteiger partial charge is 0.379 e. The molecular weight excluding hydrogens is 182 g/mol. The van der Waals surface area contributed by atoms with Gasteiger partial charge >= 0.3 is 0 Å². The monoisotopic (exact) mass is 209 g/mol. The van der Waals surface area contributed by atoms with E-state index in [1.54, 1.807) is 0 Å². The molecule has 0 saturated heterocycles. The predicted molar refractivity (Wildman–Crippen MR) is 54.2 cm³/mol. The van der Waals surface area contributed by atoms with Crippen LogP contribution < -0.4 is 0 Å². The van der Waals surface area contributed by atoms with Gasteiger partial charge in [-0.05, 0) is 6.37 Å². The first kappa shape index (κ1) is 4.93. The van der Waals surface area contributed by atoms with Crippen LogP contribution in [0.1, 0.15) is 24.3 Å². The van der Waals surface area contributed by atoms with Crippen molar-refractivity contribution in [2.75, 3.05) is 46.0 Å². The Morgan fingerprint density at radius 1 is 1.07 bits per heavy atom. The normalized spacial score (nSPS) is 22.6. The van der Waals surface area contributed by atoms with Gasteiger partial charge in [0.1, 0.15) is 9.30 Å². The number of hydrogen-bond donors (Lipinski definition) is 0. The molecule has 4 nitrogen and oxygen atoms in total. The molecule has 0 bridgehead atoms. The minimum Gasteiger partial charge on any atom is -0.379 e. The second kappa shape index (κ2) is 12.4. The molecule has 0 fully saturated rings. The van der Waals surface area contributed by atoms with Crippen molar-refractivity contribution in [3.05, 3.63) is 11.4 Å². The van der Waals surface area contributed by atoms with Crippen LogP contribution in [0.3, 0.4) is 0 Å². The van der Waals surface area contributed by atoms with Gasteiger partial charge < -0.3 is 19.1 Å². The van der Waals surface area contributed by atoms with Gasteiger partial charge in [0.2, 0.25) is 6.50 Å². The molecule has 0 N–H and O–H groups in total. The Morgan fingerprint density at radius 2 is 1.64 bits per heavy atom. The first-order valence-corrected chi connectivity index (χ1v) is 4.01. The lowest BCUT2D eigenvalue weighted by Gasteiger charge is -2.04. The molecule has 0 aromatic heterocycles. The summed E-state index contributed by atoms with van der Waals surface area (Å²) in [4.78, 5) is 2.52. The maximum Gasteiger partial charge on any atom is 0.237 e. The molecule has 0 spiro atoms. The molecule has 0 atom stereocenters. The van der Waals surface area contributed by atoms with E-state index < -0.39 is 26.0 Å². The molecule has 0 aromatic rings. The molecule has 0 aromatic carbocycles. The van der Waals surface area contributed by atoms with Crippen LogP contribution in [-0.4, -0.2) is 46.0 Å². The predicted octanol–water partition coefficient (Wildman–Crippen LogP) is 1.37. The number of ether oxygens (including phenoxy) is 3. The van der Waals surface area contributed by atoms with Gasteiger partial charge in [0.15, 0.2) is 0 Å². The van der Waals surface area contributed by atoms with Crippen molar-refractivity contribution in [3.8, 4) is 0 Å². The third kappa shape index (κ3) is 11.4. The van der Waals surface area contributed by atoms with E-state index in [1.807, 2.05) is 0 Å². The summed E-state index contributed by atoms with van der Waals surface area (Å²) in [6, 6.07) is 0. The first-order chi connectivity index (χ1) is 9.77. The van der Waals surface area contributed by atoms with E-state index in [2.05, 4.69) is 9.58 Å². The molecule has 0 radical (unpaired) electrons. The first-order valence-electron chi connectivity index (χ1n) is 8.01. The number of nitrogens with zero attached hydrogens (tertiary/aromatic N) is 1. The summed E-state index contributed by atoms with van der Waals surface area (Å²) < 4.78 is 72.3. The lowest BCUT2D eigenvalue weighted by atomic mass is 10.5. The summed E-state index contributed by atoms with van der Waals surface area (Å²) in [6.07, 6.45) is -2.17. The average Bonchev–Trinajstić information content (AvgIpc) is 2.35. The zero-order chi connectivity index (χ0) is 17.7. The Balaban J connectivity index is 3.92. The second-order valence-corrected chi connectivity index (χ2v) is 1.99. The second-order valence-electron chi connectivity index (χ2n) is 1.99. The van der Waals surface area contributed by atoms with Gasteiger partial charge in [-0.3, -0.25) is 0 Å². The minimum atomic E-state index is -2.81. The Kier molecular flexibility index (Phi) is 4.36. The van der Waals surface area contributed by atoms with E-state index in [0.717, 1.165) is 6.92 Å². The van der Waals surface area contributed by atoms with Crippen molar-refractivity contribution in [2.24, 2.45) is 0 Å². The smallest absolute Gasteiger partial charge is 0.237 e. The summed E-state index contributed by atoms with van der Waals surface area (Å²) in [5.74, 6) is 0. The molecular formula is C10H19NO3. The Morgan fingerprint density at radius 3 is 2.21 bits per heavy atom. The van der Waals surface area contributed by atoms with E-state index in [-0.39, 0.29) is 26.4 Å². The van der Waals surface area contributed by atoms with Crippen LogP contribution in [0, 0.1) is 6.57 Å². The Hall–Kier alpha value is -0.630. The van der Waals surface area contributed by atoms with E-state index in [9.17, 15) is 0 Å². The molecule has 14 heavy (non-hydrogen) atoms. The summed E-state index contributed by atoms with van der Waals surface area (Å²) >= 11 is 0. The van der Waals surface area contributed by atoms with Crippen molar-refractivity contribution < 1.29 is 25.2 Å². The lowest BCUT2D eigenvalue weighted by Crippen LogP contribution is -2.10. The number of rotatable bonds is 10. The van der Waals surface area contributed by atoms with Crippen LogP contribution in [0.4, 0.5) is 0 Å². The van der Waals surface area contributed by atoms with Crippen molar-refractivity contribution >= 4 is 0 Å². The molecule has 0 amide bonds. The summed E-state index contributed by atoms with van der Waals surface area (Å²) in [7, 11) is 0. The molecule has 4 heteroatoms. The van der Waals surface area contributed by atoms with Gasteiger partial charge in [-0.1, -0.05) is 6.92 Å². The maximum absolute atomic E-state index is 7.34. The van der Waals surface area contributed by atoms with Crippen LogP contribution in [0.25, 0.3) is 4.85 Å². The van der Waals surface area contributed by atoms with Gasteiger partial charge in [0, 0.05) is 9.30 Å². The van der Waals surface area contributed by atoms with E-state index in [0.29, 0.717) is 0 Å².